The molecule has 0 bridgehead atoms. The first-order valence-electron chi connectivity index (χ1n) is 7.21. The molecule has 0 N–H and O–H groups in total. The van der Waals surface area contributed by atoms with E-state index in [0.29, 0.717) is 5.57 Å². The standard InChI is InChI=1S/C17H26NO2.BrH/c1-6-18(7-2,13-16-11-9-8-10-12-16)15(5)20-17(19)14(3)4;/h8-12,15H,3,6-7,13H2,1-2,4-5H3;1H/q+1;/p-1. The summed E-state index contributed by atoms with van der Waals surface area (Å²) in [5, 5.41) is 0. The van der Waals surface area contributed by atoms with Crippen molar-refractivity contribution in [1.82, 2.24) is 0 Å². The quantitative estimate of drug-likeness (QED) is 0.308. The molecule has 0 amide bonds. The molecule has 1 aromatic rings. The van der Waals surface area contributed by atoms with Crippen molar-refractivity contribution in [2.24, 2.45) is 0 Å². The molecule has 118 valence electrons. The van der Waals surface area contributed by atoms with Gasteiger partial charge >= 0.3 is 5.97 Å². The second kappa shape index (κ2) is 9.00. The number of benzene rings is 1. The Morgan fingerprint density at radius 2 is 1.76 bits per heavy atom. The maximum absolute atomic E-state index is 11.8. The number of carbonyl (C=O) groups excluding carboxylic acids is 1. The van der Waals surface area contributed by atoms with E-state index in [1.807, 2.05) is 25.1 Å². The van der Waals surface area contributed by atoms with Crippen LogP contribution in [0.15, 0.2) is 42.5 Å². The fraction of sp³-hybridized carbons (Fsp3) is 0.471. The Labute approximate surface area is 139 Å². The van der Waals surface area contributed by atoms with Crippen molar-refractivity contribution in [2.75, 3.05) is 13.1 Å². The number of halogens is 1. The van der Waals surface area contributed by atoms with E-state index in [1.54, 1.807) is 6.92 Å². The Morgan fingerprint density at radius 3 is 2.19 bits per heavy atom. The molecular formula is C17H26BrNO2. The number of ether oxygens (including phenoxy) is 1. The summed E-state index contributed by atoms with van der Waals surface area (Å²) in [5.74, 6) is -0.310. The van der Waals surface area contributed by atoms with Gasteiger partial charge in [0.15, 0.2) is 0 Å². The predicted octanol–water partition coefficient (Wildman–Crippen LogP) is 0.513. The van der Waals surface area contributed by atoms with Crippen molar-refractivity contribution in [2.45, 2.75) is 40.5 Å². The Bertz CT molecular complexity index is 455. The van der Waals surface area contributed by atoms with Gasteiger partial charge in [-0.25, -0.2) is 4.79 Å². The molecule has 4 heteroatoms. The van der Waals surface area contributed by atoms with Crippen molar-refractivity contribution >= 4 is 5.97 Å². The minimum Gasteiger partial charge on any atom is -1.00 e. The third-order valence-electron chi connectivity index (χ3n) is 4.00. The van der Waals surface area contributed by atoms with Crippen molar-refractivity contribution in [3.63, 3.8) is 0 Å². The Balaban J connectivity index is 0.00000400. The van der Waals surface area contributed by atoms with Gasteiger partial charge in [-0.3, -0.25) is 4.48 Å². The molecule has 0 aliphatic rings. The highest BCUT2D eigenvalue weighted by Gasteiger charge is 2.33. The van der Waals surface area contributed by atoms with Crippen molar-refractivity contribution < 1.29 is 31.0 Å². The van der Waals surface area contributed by atoms with Crippen LogP contribution in [0.2, 0.25) is 0 Å². The monoisotopic (exact) mass is 355 g/mol. The molecule has 0 saturated heterocycles. The molecule has 1 unspecified atom stereocenters. The largest absolute Gasteiger partial charge is 1.00 e. The van der Waals surface area contributed by atoms with Crippen LogP contribution in [0.5, 0.6) is 0 Å². The van der Waals surface area contributed by atoms with Gasteiger partial charge in [0.25, 0.3) is 0 Å². The predicted molar refractivity (Wildman–Crippen MR) is 81.9 cm³/mol. The Kier molecular flexibility index (Phi) is 8.52. The van der Waals surface area contributed by atoms with E-state index < -0.39 is 0 Å². The summed E-state index contributed by atoms with van der Waals surface area (Å²) in [7, 11) is 0. The van der Waals surface area contributed by atoms with Gasteiger partial charge in [0.1, 0.15) is 6.54 Å². The van der Waals surface area contributed by atoms with E-state index in [9.17, 15) is 4.79 Å². The molecule has 21 heavy (non-hydrogen) atoms. The molecule has 1 aromatic carbocycles. The Hall–Kier alpha value is -1.13. The lowest BCUT2D eigenvalue weighted by molar-refractivity contribution is -0.976. The van der Waals surface area contributed by atoms with Crippen molar-refractivity contribution in [1.29, 1.82) is 0 Å². The third-order valence-corrected chi connectivity index (χ3v) is 4.00. The topological polar surface area (TPSA) is 26.3 Å². The van der Waals surface area contributed by atoms with Gasteiger partial charge in [-0.05, 0) is 20.8 Å². The van der Waals surface area contributed by atoms with Gasteiger partial charge in [-0.15, -0.1) is 0 Å². The van der Waals surface area contributed by atoms with E-state index in [-0.39, 0.29) is 29.2 Å². The molecule has 3 nitrogen and oxygen atoms in total. The summed E-state index contributed by atoms with van der Waals surface area (Å²) in [6, 6.07) is 10.3. The van der Waals surface area contributed by atoms with Crippen LogP contribution < -0.4 is 17.0 Å². The zero-order valence-corrected chi connectivity index (χ0v) is 15.0. The summed E-state index contributed by atoms with van der Waals surface area (Å²) in [6.45, 7) is 14.3. The average molecular weight is 356 g/mol. The van der Waals surface area contributed by atoms with Gasteiger partial charge in [-0.2, -0.15) is 0 Å². The fourth-order valence-corrected chi connectivity index (χ4v) is 2.40. The van der Waals surface area contributed by atoms with Crippen molar-refractivity contribution in [3.8, 4) is 0 Å². The number of quaternary nitrogens is 1. The highest BCUT2D eigenvalue weighted by Crippen LogP contribution is 2.21. The minimum absolute atomic E-state index is 0. The van der Waals surface area contributed by atoms with Crippen LogP contribution in [-0.2, 0) is 16.1 Å². The van der Waals surface area contributed by atoms with E-state index in [0.717, 1.165) is 24.1 Å². The van der Waals surface area contributed by atoms with Gasteiger partial charge in [0.05, 0.1) is 13.1 Å². The van der Waals surface area contributed by atoms with Gasteiger partial charge in [0, 0.05) is 18.1 Å². The Morgan fingerprint density at radius 1 is 1.24 bits per heavy atom. The summed E-state index contributed by atoms with van der Waals surface area (Å²) in [5.41, 5.74) is 1.70. The first-order chi connectivity index (χ1) is 9.45. The molecule has 0 radical (unpaired) electrons. The summed E-state index contributed by atoms with van der Waals surface area (Å²) in [4.78, 5) is 11.8. The van der Waals surface area contributed by atoms with Crippen LogP contribution in [-0.4, -0.2) is 29.8 Å². The molecule has 0 saturated carbocycles. The second-order valence-electron chi connectivity index (χ2n) is 5.28. The smallest absolute Gasteiger partial charge is 0.337 e. The van der Waals surface area contributed by atoms with Crippen LogP contribution in [0, 0.1) is 0 Å². The first kappa shape index (κ1) is 19.9. The number of carbonyl (C=O) groups is 1. The number of hydrogen-bond donors (Lipinski definition) is 0. The SMILES string of the molecule is C=C(C)C(=O)OC(C)[N+](CC)(CC)Cc1ccccc1.[Br-]. The summed E-state index contributed by atoms with van der Waals surface area (Å²) < 4.78 is 6.29. The van der Waals surface area contributed by atoms with E-state index >= 15 is 0 Å². The molecule has 0 heterocycles. The van der Waals surface area contributed by atoms with Crippen molar-refractivity contribution in [3.05, 3.63) is 48.0 Å². The molecule has 0 spiro atoms. The lowest BCUT2D eigenvalue weighted by atomic mass is 10.1. The maximum atomic E-state index is 11.8. The highest BCUT2D eigenvalue weighted by molar-refractivity contribution is 5.86. The van der Waals surface area contributed by atoms with Crippen LogP contribution >= 0.6 is 0 Å². The summed E-state index contributed by atoms with van der Waals surface area (Å²) >= 11 is 0. The fourth-order valence-electron chi connectivity index (χ4n) is 2.40. The lowest BCUT2D eigenvalue weighted by Crippen LogP contribution is -3.00. The average Bonchev–Trinajstić information content (AvgIpc) is 2.45. The molecular weight excluding hydrogens is 330 g/mol. The number of hydrogen-bond acceptors (Lipinski definition) is 2. The second-order valence-corrected chi connectivity index (χ2v) is 5.28. The zero-order valence-electron chi connectivity index (χ0n) is 13.4. The number of esters is 1. The van der Waals surface area contributed by atoms with Crippen LogP contribution in [0.3, 0.4) is 0 Å². The molecule has 0 aromatic heterocycles. The van der Waals surface area contributed by atoms with E-state index in [4.69, 9.17) is 4.74 Å². The molecule has 0 aliphatic carbocycles. The van der Waals surface area contributed by atoms with Crippen LogP contribution in [0.1, 0.15) is 33.3 Å². The normalized spacial score (nSPS) is 12.2. The van der Waals surface area contributed by atoms with Gasteiger partial charge < -0.3 is 21.7 Å². The number of nitrogens with zero attached hydrogens (tertiary/aromatic N) is 1. The number of rotatable bonds is 7. The summed E-state index contributed by atoms with van der Waals surface area (Å²) in [6.07, 6.45) is -0.186. The molecule has 0 fully saturated rings. The highest BCUT2D eigenvalue weighted by atomic mass is 79.9. The lowest BCUT2D eigenvalue weighted by Gasteiger charge is -2.41. The van der Waals surface area contributed by atoms with Crippen LogP contribution in [0.4, 0.5) is 0 Å². The zero-order chi connectivity index (χ0) is 15.2. The van der Waals surface area contributed by atoms with Gasteiger partial charge in [0.2, 0.25) is 6.23 Å². The van der Waals surface area contributed by atoms with Gasteiger partial charge in [-0.1, -0.05) is 36.9 Å². The molecule has 1 rings (SSSR count). The third kappa shape index (κ3) is 5.29. The molecule has 1 atom stereocenters. The molecule has 0 aliphatic heterocycles. The van der Waals surface area contributed by atoms with E-state index in [2.05, 4.69) is 32.6 Å². The van der Waals surface area contributed by atoms with Crippen LogP contribution in [0.25, 0.3) is 0 Å². The van der Waals surface area contributed by atoms with E-state index in [1.165, 1.54) is 5.56 Å². The first-order valence-corrected chi connectivity index (χ1v) is 7.21. The maximum Gasteiger partial charge on any atom is 0.337 e. The minimum atomic E-state index is -0.310.